The van der Waals surface area contributed by atoms with Crippen molar-refractivity contribution >= 4 is 17.7 Å². The lowest BCUT2D eigenvalue weighted by molar-refractivity contribution is -0.135. The molecule has 0 heterocycles. The van der Waals surface area contributed by atoms with Gasteiger partial charge in [-0.3, -0.25) is 9.69 Å². The maximum Gasteiger partial charge on any atom is 0.325 e. The number of rotatable bonds is 6. The van der Waals surface area contributed by atoms with E-state index in [4.69, 9.17) is 5.11 Å². The van der Waals surface area contributed by atoms with Gasteiger partial charge in [-0.05, 0) is 26.0 Å². The fraction of sp³-hybridized carbons (Fsp3) is 0.333. The van der Waals surface area contributed by atoms with E-state index >= 15 is 0 Å². The molecular weight excluding hydrogens is 256 g/mol. The van der Waals surface area contributed by atoms with Crippen LogP contribution >= 0.6 is 0 Å². The van der Waals surface area contributed by atoms with Crippen molar-refractivity contribution in [3.63, 3.8) is 0 Å². The molecular formula is C15H20N2O3. The number of hydrogen-bond acceptors (Lipinski definition) is 2. The zero-order chi connectivity index (χ0) is 15.1. The Bertz CT molecular complexity index is 471. The molecule has 5 nitrogen and oxygen atoms in total. The van der Waals surface area contributed by atoms with Gasteiger partial charge in [-0.15, -0.1) is 6.58 Å². The summed E-state index contributed by atoms with van der Waals surface area (Å²) >= 11 is 0. The van der Waals surface area contributed by atoms with E-state index in [9.17, 15) is 9.59 Å². The molecule has 0 aliphatic heterocycles. The summed E-state index contributed by atoms with van der Waals surface area (Å²) in [5.74, 6) is -1.05. The number of carbonyl (C=O) groups excluding carboxylic acids is 1. The number of anilines is 1. The Labute approximate surface area is 119 Å². The number of carboxylic acids is 1. The van der Waals surface area contributed by atoms with Crippen LogP contribution in [0.25, 0.3) is 0 Å². The number of urea groups is 1. The van der Waals surface area contributed by atoms with Gasteiger partial charge in [-0.2, -0.15) is 0 Å². The van der Waals surface area contributed by atoms with Crippen LogP contribution in [-0.4, -0.2) is 41.1 Å². The molecule has 0 aliphatic carbocycles. The number of carbonyl (C=O) groups is 2. The zero-order valence-corrected chi connectivity index (χ0v) is 11.8. The summed E-state index contributed by atoms with van der Waals surface area (Å²) in [4.78, 5) is 26.4. The molecule has 0 spiro atoms. The summed E-state index contributed by atoms with van der Waals surface area (Å²) in [5.41, 5.74) is 0.564. The lowest BCUT2D eigenvalue weighted by Crippen LogP contribution is -2.48. The van der Waals surface area contributed by atoms with Gasteiger partial charge in [-0.25, -0.2) is 4.79 Å². The number of nitrogens with zero attached hydrogens (tertiary/aromatic N) is 2. The van der Waals surface area contributed by atoms with Crippen molar-refractivity contribution in [3.8, 4) is 0 Å². The van der Waals surface area contributed by atoms with E-state index in [-0.39, 0.29) is 18.6 Å². The number of aliphatic carboxylic acids is 1. The highest BCUT2D eigenvalue weighted by molar-refractivity contribution is 5.96. The summed E-state index contributed by atoms with van der Waals surface area (Å²) < 4.78 is 0. The molecule has 0 saturated heterocycles. The molecule has 1 aromatic carbocycles. The van der Waals surface area contributed by atoms with Crippen molar-refractivity contribution in [2.45, 2.75) is 19.9 Å². The molecule has 0 atom stereocenters. The van der Waals surface area contributed by atoms with Gasteiger partial charge in [0, 0.05) is 18.3 Å². The fourth-order valence-electron chi connectivity index (χ4n) is 1.82. The molecule has 20 heavy (non-hydrogen) atoms. The van der Waals surface area contributed by atoms with Crippen LogP contribution in [0.4, 0.5) is 10.5 Å². The Balaban J connectivity index is 3.06. The second-order valence-corrected chi connectivity index (χ2v) is 4.63. The number of para-hydroxylation sites is 1. The smallest absolute Gasteiger partial charge is 0.325 e. The first-order valence-corrected chi connectivity index (χ1v) is 6.43. The molecule has 0 radical (unpaired) electrons. The minimum atomic E-state index is -1.05. The van der Waals surface area contributed by atoms with E-state index in [1.54, 1.807) is 35.2 Å². The third-order valence-electron chi connectivity index (χ3n) is 2.79. The second-order valence-electron chi connectivity index (χ2n) is 4.63. The van der Waals surface area contributed by atoms with E-state index < -0.39 is 5.97 Å². The Hall–Kier alpha value is -2.30. The molecule has 0 bridgehead atoms. The van der Waals surface area contributed by atoms with Gasteiger partial charge in [0.15, 0.2) is 0 Å². The van der Waals surface area contributed by atoms with Crippen LogP contribution in [0.2, 0.25) is 0 Å². The van der Waals surface area contributed by atoms with Crippen molar-refractivity contribution in [3.05, 3.63) is 43.0 Å². The highest BCUT2D eigenvalue weighted by Gasteiger charge is 2.25. The van der Waals surface area contributed by atoms with Gasteiger partial charge in [0.05, 0.1) is 0 Å². The molecule has 1 aromatic rings. The maximum atomic E-state index is 12.6. The third kappa shape index (κ3) is 4.12. The van der Waals surface area contributed by atoms with Crippen LogP contribution in [0.15, 0.2) is 43.0 Å². The van der Waals surface area contributed by atoms with Crippen molar-refractivity contribution in [2.24, 2.45) is 0 Å². The Morgan fingerprint density at radius 2 is 1.90 bits per heavy atom. The van der Waals surface area contributed by atoms with E-state index in [1.165, 1.54) is 4.90 Å². The Morgan fingerprint density at radius 3 is 2.35 bits per heavy atom. The lowest BCUT2D eigenvalue weighted by atomic mass is 10.2. The largest absolute Gasteiger partial charge is 0.480 e. The zero-order valence-electron chi connectivity index (χ0n) is 11.8. The first-order valence-electron chi connectivity index (χ1n) is 6.43. The van der Waals surface area contributed by atoms with E-state index in [1.807, 2.05) is 19.9 Å². The van der Waals surface area contributed by atoms with Crippen LogP contribution in [0.5, 0.6) is 0 Å². The molecule has 0 aromatic heterocycles. The molecule has 0 unspecified atom stereocenters. The quantitative estimate of drug-likeness (QED) is 0.812. The van der Waals surface area contributed by atoms with E-state index in [0.717, 1.165) is 0 Å². The van der Waals surface area contributed by atoms with E-state index in [0.29, 0.717) is 12.2 Å². The predicted octanol–water partition coefficient (Wildman–Crippen LogP) is 2.59. The first-order chi connectivity index (χ1) is 9.47. The van der Waals surface area contributed by atoms with Gasteiger partial charge < -0.3 is 10.0 Å². The third-order valence-corrected chi connectivity index (χ3v) is 2.79. The van der Waals surface area contributed by atoms with Crippen LogP contribution in [0.1, 0.15) is 13.8 Å². The van der Waals surface area contributed by atoms with Crippen LogP contribution in [-0.2, 0) is 4.79 Å². The average molecular weight is 276 g/mol. The summed E-state index contributed by atoms with van der Waals surface area (Å²) in [5, 5.41) is 9.01. The SMILES string of the molecule is C=CCN(C(=O)N(CC(=O)O)c1ccccc1)C(C)C. The molecule has 1 rings (SSSR count). The summed E-state index contributed by atoms with van der Waals surface area (Å²) in [6, 6.07) is 8.40. The fourth-order valence-corrected chi connectivity index (χ4v) is 1.82. The summed E-state index contributed by atoms with van der Waals surface area (Å²) in [7, 11) is 0. The lowest BCUT2D eigenvalue weighted by Gasteiger charge is -2.31. The average Bonchev–Trinajstić information content (AvgIpc) is 2.42. The topological polar surface area (TPSA) is 60.9 Å². The molecule has 2 amide bonds. The minimum absolute atomic E-state index is 0.0412. The van der Waals surface area contributed by atoms with Gasteiger partial charge in [0.2, 0.25) is 0 Å². The Morgan fingerprint density at radius 1 is 1.30 bits per heavy atom. The number of carboxylic acid groups (broad SMARTS) is 1. The molecule has 108 valence electrons. The molecule has 0 aliphatic rings. The molecule has 5 heteroatoms. The first kappa shape index (κ1) is 15.8. The summed E-state index contributed by atoms with van der Waals surface area (Å²) in [6.45, 7) is 7.39. The van der Waals surface area contributed by atoms with Gasteiger partial charge in [-0.1, -0.05) is 24.3 Å². The number of amides is 2. The summed E-state index contributed by atoms with van der Waals surface area (Å²) in [6.07, 6.45) is 1.63. The standard InChI is InChI=1S/C15H20N2O3/c1-4-10-16(12(2)3)15(20)17(11-14(18)19)13-8-6-5-7-9-13/h4-9,12H,1,10-11H2,2-3H3,(H,18,19). The second kappa shape index (κ2) is 7.33. The van der Waals surface area contributed by atoms with Crippen molar-refractivity contribution in [2.75, 3.05) is 18.0 Å². The van der Waals surface area contributed by atoms with Crippen molar-refractivity contribution < 1.29 is 14.7 Å². The number of benzene rings is 1. The van der Waals surface area contributed by atoms with Gasteiger partial charge >= 0.3 is 12.0 Å². The molecule has 1 N–H and O–H groups in total. The molecule has 0 fully saturated rings. The highest BCUT2D eigenvalue weighted by atomic mass is 16.4. The predicted molar refractivity (Wildman–Crippen MR) is 78.9 cm³/mol. The maximum absolute atomic E-state index is 12.6. The van der Waals surface area contributed by atoms with E-state index in [2.05, 4.69) is 6.58 Å². The molecule has 0 saturated carbocycles. The normalized spacial score (nSPS) is 10.2. The van der Waals surface area contributed by atoms with Gasteiger partial charge in [0.1, 0.15) is 6.54 Å². The van der Waals surface area contributed by atoms with Gasteiger partial charge in [0.25, 0.3) is 0 Å². The number of hydrogen-bond donors (Lipinski definition) is 1. The van der Waals surface area contributed by atoms with Crippen molar-refractivity contribution in [1.29, 1.82) is 0 Å². The van der Waals surface area contributed by atoms with Crippen LogP contribution in [0.3, 0.4) is 0 Å². The Kier molecular flexibility index (Phi) is 5.77. The monoisotopic (exact) mass is 276 g/mol. The minimum Gasteiger partial charge on any atom is -0.480 e. The van der Waals surface area contributed by atoms with Crippen LogP contribution in [0, 0.1) is 0 Å². The highest BCUT2D eigenvalue weighted by Crippen LogP contribution is 2.16. The van der Waals surface area contributed by atoms with Crippen LogP contribution < -0.4 is 4.90 Å². The van der Waals surface area contributed by atoms with Crippen molar-refractivity contribution in [1.82, 2.24) is 4.90 Å².